The van der Waals surface area contributed by atoms with Crippen LogP contribution in [0.2, 0.25) is 0 Å². The van der Waals surface area contributed by atoms with Crippen LogP contribution in [0.3, 0.4) is 0 Å². The molecule has 1 aliphatic heterocycles. The number of piperazine rings is 1. The van der Waals surface area contributed by atoms with E-state index in [0.29, 0.717) is 30.0 Å². The van der Waals surface area contributed by atoms with Gasteiger partial charge in [0.05, 0.1) is 12.2 Å². The molecule has 42 heavy (non-hydrogen) atoms. The molecule has 5 rings (SSSR count). The Bertz CT molecular complexity index is 1470. The van der Waals surface area contributed by atoms with Crippen LogP contribution >= 0.6 is 0 Å². The summed E-state index contributed by atoms with van der Waals surface area (Å²) in [5.41, 5.74) is 3.84. The van der Waals surface area contributed by atoms with E-state index in [4.69, 9.17) is 4.74 Å². The van der Waals surface area contributed by atoms with Gasteiger partial charge in [-0.15, -0.1) is 0 Å². The van der Waals surface area contributed by atoms with Crippen LogP contribution in [0.4, 0.5) is 29.3 Å². The SMILES string of the molecule is O=C(NCc1cccnc1)Nc1ccc(OCCc2ccc(C(F)(F)F)cc2-c2ccccc2N2CCNCC2)cc1. The molecule has 0 unspecified atom stereocenters. The largest absolute Gasteiger partial charge is 0.493 e. The Balaban J connectivity index is 1.24. The first-order chi connectivity index (χ1) is 20.4. The van der Waals surface area contributed by atoms with Crippen molar-refractivity contribution in [3.8, 4) is 16.9 Å². The first-order valence-electron chi connectivity index (χ1n) is 13.8. The fraction of sp³-hybridized carbons (Fsp3) is 0.250. The van der Waals surface area contributed by atoms with Crippen molar-refractivity contribution in [2.45, 2.75) is 19.1 Å². The summed E-state index contributed by atoms with van der Waals surface area (Å²) in [6.07, 6.45) is -0.673. The Morgan fingerprint density at radius 1 is 0.952 bits per heavy atom. The van der Waals surface area contributed by atoms with E-state index < -0.39 is 11.7 Å². The molecule has 0 bridgehead atoms. The summed E-state index contributed by atoms with van der Waals surface area (Å²) in [6.45, 7) is 3.83. The predicted molar refractivity (Wildman–Crippen MR) is 158 cm³/mol. The molecule has 0 saturated carbocycles. The fourth-order valence-corrected chi connectivity index (χ4v) is 4.88. The number of ether oxygens (including phenoxy) is 1. The molecule has 2 heterocycles. The molecule has 1 aromatic heterocycles. The Hall–Kier alpha value is -4.57. The highest BCUT2D eigenvalue weighted by atomic mass is 19.4. The van der Waals surface area contributed by atoms with E-state index in [1.165, 1.54) is 6.07 Å². The van der Waals surface area contributed by atoms with Gasteiger partial charge >= 0.3 is 12.2 Å². The average molecular weight is 576 g/mol. The molecule has 218 valence electrons. The second kappa shape index (κ2) is 13.4. The van der Waals surface area contributed by atoms with Crippen molar-refractivity contribution in [3.05, 3.63) is 108 Å². The van der Waals surface area contributed by atoms with E-state index in [-0.39, 0.29) is 12.6 Å². The molecule has 1 aliphatic rings. The lowest BCUT2D eigenvalue weighted by Gasteiger charge is -2.31. The number of nitrogens with zero attached hydrogens (tertiary/aromatic N) is 2. The number of carbonyl (C=O) groups is 1. The molecule has 7 nitrogen and oxygen atoms in total. The van der Waals surface area contributed by atoms with Crippen LogP contribution in [-0.4, -0.2) is 43.8 Å². The van der Waals surface area contributed by atoms with Gasteiger partial charge in [0.2, 0.25) is 0 Å². The van der Waals surface area contributed by atoms with Crippen molar-refractivity contribution in [1.29, 1.82) is 0 Å². The minimum Gasteiger partial charge on any atom is -0.493 e. The van der Waals surface area contributed by atoms with Gasteiger partial charge in [-0.2, -0.15) is 13.2 Å². The number of nitrogens with one attached hydrogen (secondary N) is 3. The molecule has 4 aromatic rings. The van der Waals surface area contributed by atoms with Crippen LogP contribution < -0.4 is 25.6 Å². The number of benzene rings is 3. The zero-order valence-electron chi connectivity index (χ0n) is 23.0. The number of rotatable bonds is 9. The minimum atomic E-state index is -4.45. The Labute approximate surface area is 242 Å². The molecule has 10 heteroatoms. The molecule has 1 fully saturated rings. The molecule has 3 aromatic carbocycles. The number of para-hydroxylation sites is 1. The van der Waals surface area contributed by atoms with Crippen molar-refractivity contribution in [3.63, 3.8) is 0 Å². The highest BCUT2D eigenvalue weighted by Crippen LogP contribution is 2.38. The minimum absolute atomic E-state index is 0.270. The van der Waals surface area contributed by atoms with Gasteiger partial charge < -0.3 is 25.6 Å². The maximum Gasteiger partial charge on any atom is 0.416 e. The Morgan fingerprint density at radius 3 is 2.48 bits per heavy atom. The van der Waals surface area contributed by atoms with Gasteiger partial charge in [0.15, 0.2) is 0 Å². The van der Waals surface area contributed by atoms with Gasteiger partial charge in [0, 0.05) is 68.5 Å². The number of alkyl halides is 3. The number of amides is 2. The lowest BCUT2D eigenvalue weighted by atomic mass is 9.93. The summed E-state index contributed by atoms with van der Waals surface area (Å²) >= 11 is 0. The summed E-state index contributed by atoms with van der Waals surface area (Å²) in [5, 5.41) is 8.86. The maximum atomic E-state index is 13.7. The summed E-state index contributed by atoms with van der Waals surface area (Å²) in [7, 11) is 0. The van der Waals surface area contributed by atoms with Crippen molar-refractivity contribution < 1.29 is 22.7 Å². The van der Waals surface area contributed by atoms with Gasteiger partial charge in [-0.3, -0.25) is 4.98 Å². The van der Waals surface area contributed by atoms with Crippen LogP contribution in [0.25, 0.3) is 11.1 Å². The number of urea groups is 1. The van der Waals surface area contributed by atoms with Gasteiger partial charge in [-0.05, 0) is 65.2 Å². The normalized spacial score (nSPS) is 13.5. The number of hydrogen-bond acceptors (Lipinski definition) is 5. The van der Waals surface area contributed by atoms with Gasteiger partial charge in [0.25, 0.3) is 0 Å². The monoisotopic (exact) mass is 575 g/mol. The molecular formula is C32H32F3N5O2. The van der Waals surface area contributed by atoms with Crippen LogP contribution in [0.5, 0.6) is 5.75 Å². The molecule has 0 radical (unpaired) electrons. The van der Waals surface area contributed by atoms with Crippen molar-refractivity contribution in [2.75, 3.05) is 43.0 Å². The molecule has 2 amide bonds. The van der Waals surface area contributed by atoms with Crippen LogP contribution in [-0.2, 0) is 19.1 Å². The number of hydrogen-bond donors (Lipinski definition) is 3. The lowest BCUT2D eigenvalue weighted by Crippen LogP contribution is -2.43. The standard InChI is InChI=1S/C32H32F3N5O2/c33-32(34,35)25-8-7-24(29(20-25)28-5-1-2-6-30(28)40-17-15-36-16-18-40)13-19-42-27-11-9-26(10-12-27)39-31(41)38-22-23-4-3-14-37-21-23/h1-12,14,20-21,36H,13,15-19,22H2,(H2,38,39,41). The summed E-state index contributed by atoms with van der Waals surface area (Å²) in [5.74, 6) is 0.589. The number of pyridine rings is 1. The van der Waals surface area contributed by atoms with E-state index in [1.807, 2.05) is 30.3 Å². The number of anilines is 2. The van der Waals surface area contributed by atoms with Crippen LogP contribution in [0, 0.1) is 0 Å². The van der Waals surface area contributed by atoms with E-state index in [1.54, 1.807) is 48.8 Å². The predicted octanol–water partition coefficient (Wildman–Crippen LogP) is 6.12. The molecule has 0 aliphatic carbocycles. The molecule has 0 atom stereocenters. The van der Waals surface area contributed by atoms with Crippen LogP contribution in [0.15, 0.2) is 91.3 Å². The third-order valence-corrected chi connectivity index (χ3v) is 7.02. The third kappa shape index (κ3) is 7.58. The average Bonchev–Trinajstić information content (AvgIpc) is 3.01. The number of halogens is 3. The van der Waals surface area contributed by atoms with Gasteiger partial charge in [-0.25, -0.2) is 4.79 Å². The summed E-state index contributed by atoms with van der Waals surface area (Å²) < 4.78 is 47.0. The van der Waals surface area contributed by atoms with Gasteiger partial charge in [0.1, 0.15) is 5.75 Å². The zero-order valence-corrected chi connectivity index (χ0v) is 23.0. The van der Waals surface area contributed by atoms with Crippen LogP contribution in [0.1, 0.15) is 16.7 Å². The quantitative estimate of drug-likeness (QED) is 0.224. The lowest BCUT2D eigenvalue weighted by molar-refractivity contribution is -0.137. The topological polar surface area (TPSA) is 78.5 Å². The van der Waals surface area contributed by atoms with Crippen molar-refractivity contribution in [1.82, 2.24) is 15.6 Å². The van der Waals surface area contributed by atoms with Crippen molar-refractivity contribution in [2.24, 2.45) is 0 Å². The first-order valence-corrected chi connectivity index (χ1v) is 13.8. The highest BCUT2D eigenvalue weighted by Gasteiger charge is 2.31. The number of carbonyl (C=O) groups excluding carboxylic acids is 1. The fourth-order valence-electron chi connectivity index (χ4n) is 4.88. The second-order valence-corrected chi connectivity index (χ2v) is 9.92. The van der Waals surface area contributed by atoms with E-state index >= 15 is 0 Å². The molecule has 0 spiro atoms. The molecule has 1 saturated heterocycles. The molecule has 3 N–H and O–H groups in total. The van der Waals surface area contributed by atoms with E-state index in [9.17, 15) is 18.0 Å². The summed E-state index contributed by atoms with van der Waals surface area (Å²) in [4.78, 5) is 18.4. The third-order valence-electron chi connectivity index (χ3n) is 7.02. The zero-order chi connectivity index (χ0) is 29.4. The Kier molecular flexibility index (Phi) is 9.23. The van der Waals surface area contributed by atoms with E-state index in [0.717, 1.165) is 54.6 Å². The number of aromatic nitrogens is 1. The smallest absolute Gasteiger partial charge is 0.416 e. The van der Waals surface area contributed by atoms with Gasteiger partial charge in [-0.1, -0.05) is 30.3 Å². The second-order valence-electron chi connectivity index (χ2n) is 9.92. The maximum absolute atomic E-state index is 13.7. The van der Waals surface area contributed by atoms with Crippen molar-refractivity contribution >= 4 is 17.4 Å². The highest BCUT2D eigenvalue weighted by molar-refractivity contribution is 5.89. The summed E-state index contributed by atoms with van der Waals surface area (Å²) in [6, 6.07) is 21.8. The Morgan fingerprint density at radius 2 is 1.74 bits per heavy atom. The first kappa shape index (κ1) is 28.9. The van der Waals surface area contributed by atoms with E-state index in [2.05, 4.69) is 25.8 Å². The molecular weight excluding hydrogens is 543 g/mol.